The Morgan fingerprint density at radius 1 is 1.41 bits per heavy atom. The molecule has 116 valence electrons. The first kappa shape index (κ1) is 14.8. The minimum atomic E-state index is -0.201. The highest BCUT2D eigenvalue weighted by Gasteiger charge is 2.27. The molecule has 0 spiro atoms. The van der Waals surface area contributed by atoms with Gasteiger partial charge >= 0.3 is 6.03 Å². The van der Waals surface area contributed by atoms with Crippen molar-refractivity contribution in [3.63, 3.8) is 0 Å². The number of nitrogens with one attached hydrogen (secondary N) is 2. The average molecular weight is 317 g/mol. The van der Waals surface area contributed by atoms with Crippen LogP contribution in [-0.4, -0.2) is 17.6 Å². The zero-order valence-corrected chi connectivity index (χ0v) is 13.7. The lowest BCUT2D eigenvalue weighted by Crippen LogP contribution is -2.38. The van der Waals surface area contributed by atoms with Crippen LogP contribution in [0.3, 0.4) is 0 Å². The first-order valence-electron chi connectivity index (χ1n) is 7.23. The summed E-state index contributed by atoms with van der Waals surface area (Å²) in [6, 6.07) is 3.79. The SMILES string of the molecule is Cc1cnc(CNC(=O)N[C@@H]2COc3c2ccc(C)c3C)s1. The number of amides is 2. The maximum atomic E-state index is 12.0. The van der Waals surface area contributed by atoms with Crippen LogP contribution in [0.25, 0.3) is 0 Å². The van der Waals surface area contributed by atoms with Gasteiger partial charge in [-0.3, -0.25) is 0 Å². The van der Waals surface area contributed by atoms with Gasteiger partial charge < -0.3 is 15.4 Å². The van der Waals surface area contributed by atoms with E-state index in [0.29, 0.717) is 13.2 Å². The van der Waals surface area contributed by atoms with Crippen LogP contribution in [0.5, 0.6) is 5.75 Å². The van der Waals surface area contributed by atoms with Crippen molar-refractivity contribution in [3.8, 4) is 5.75 Å². The molecule has 6 heteroatoms. The largest absolute Gasteiger partial charge is 0.490 e. The number of hydrogen-bond donors (Lipinski definition) is 2. The highest BCUT2D eigenvalue weighted by atomic mass is 32.1. The summed E-state index contributed by atoms with van der Waals surface area (Å²) in [7, 11) is 0. The molecule has 0 saturated carbocycles. The Labute approximate surface area is 133 Å². The predicted octanol–water partition coefficient (Wildman–Crippen LogP) is 3.00. The second kappa shape index (κ2) is 5.96. The summed E-state index contributed by atoms with van der Waals surface area (Å²) in [5, 5.41) is 6.70. The maximum Gasteiger partial charge on any atom is 0.315 e. The third-order valence-corrected chi connectivity index (χ3v) is 4.76. The molecule has 1 aromatic heterocycles. The summed E-state index contributed by atoms with van der Waals surface area (Å²) < 4.78 is 5.74. The average Bonchev–Trinajstić information content (AvgIpc) is 3.08. The third kappa shape index (κ3) is 2.92. The highest BCUT2D eigenvalue weighted by Crippen LogP contribution is 2.36. The standard InChI is InChI=1S/C16H19N3O2S/c1-9-4-5-12-13(8-21-15(12)11(9)3)19-16(20)18-7-14-17-6-10(2)22-14/h4-6,13H,7-8H2,1-3H3,(H2,18,19,20)/t13-/m1/s1. The van der Waals surface area contributed by atoms with Gasteiger partial charge in [-0.25, -0.2) is 9.78 Å². The lowest BCUT2D eigenvalue weighted by atomic mass is 10.0. The number of fused-ring (bicyclic) bond motifs is 1. The zero-order chi connectivity index (χ0) is 15.7. The number of ether oxygens (including phenoxy) is 1. The van der Waals surface area contributed by atoms with Crippen molar-refractivity contribution in [2.75, 3.05) is 6.61 Å². The van der Waals surface area contributed by atoms with E-state index in [2.05, 4.69) is 28.6 Å². The third-order valence-electron chi connectivity index (χ3n) is 3.85. The summed E-state index contributed by atoms with van der Waals surface area (Å²) in [4.78, 5) is 17.4. The number of aryl methyl sites for hydroxylation is 2. The molecule has 0 bridgehead atoms. The fraction of sp³-hybridized carbons (Fsp3) is 0.375. The summed E-state index contributed by atoms with van der Waals surface area (Å²) in [6.07, 6.45) is 1.81. The highest BCUT2D eigenvalue weighted by molar-refractivity contribution is 7.11. The predicted molar refractivity (Wildman–Crippen MR) is 86.4 cm³/mol. The zero-order valence-electron chi connectivity index (χ0n) is 12.9. The molecular weight excluding hydrogens is 298 g/mol. The van der Waals surface area contributed by atoms with Gasteiger partial charge in [0.2, 0.25) is 0 Å². The van der Waals surface area contributed by atoms with E-state index in [1.54, 1.807) is 11.3 Å². The van der Waals surface area contributed by atoms with Crippen LogP contribution in [0.4, 0.5) is 4.79 Å². The van der Waals surface area contributed by atoms with E-state index in [0.717, 1.165) is 26.8 Å². The van der Waals surface area contributed by atoms with Crippen molar-refractivity contribution in [1.82, 2.24) is 15.6 Å². The van der Waals surface area contributed by atoms with Crippen LogP contribution in [0, 0.1) is 20.8 Å². The second-order valence-corrected chi connectivity index (χ2v) is 6.80. The number of aromatic nitrogens is 1. The molecule has 0 radical (unpaired) electrons. The molecular formula is C16H19N3O2S. The quantitative estimate of drug-likeness (QED) is 0.915. The molecule has 1 atom stereocenters. The van der Waals surface area contributed by atoms with Crippen molar-refractivity contribution in [1.29, 1.82) is 0 Å². The van der Waals surface area contributed by atoms with Crippen molar-refractivity contribution in [2.45, 2.75) is 33.4 Å². The van der Waals surface area contributed by atoms with Crippen molar-refractivity contribution < 1.29 is 9.53 Å². The van der Waals surface area contributed by atoms with E-state index in [1.165, 1.54) is 5.56 Å². The number of thiazole rings is 1. The Hall–Kier alpha value is -2.08. The minimum Gasteiger partial charge on any atom is -0.490 e. The molecule has 5 nitrogen and oxygen atoms in total. The molecule has 3 rings (SSSR count). The van der Waals surface area contributed by atoms with E-state index in [9.17, 15) is 4.79 Å². The van der Waals surface area contributed by atoms with Gasteiger partial charge in [-0.15, -0.1) is 11.3 Å². The number of carbonyl (C=O) groups excluding carboxylic acids is 1. The summed E-state index contributed by atoms with van der Waals surface area (Å²) >= 11 is 1.59. The number of urea groups is 1. The van der Waals surface area contributed by atoms with Crippen LogP contribution >= 0.6 is 11.3 Å². The molecule has 0 unspecified atom stereocenters. The molecule has 2 heterocycles. The van der Waals surface area contributed by atoms with Gasteiger partial charge in [-0.2, -0.15) is 0 Å². The van der Waals surface area contributed by atoms with Crippen LogP contribution in [-0.2, 0) is 6.54 Å². The number of nitrogens with zero attached hydrogens (tertiary/aromatic N) is 1. The van der Waals surface area contributed by atoms with Crippen molar-refractivity contribution >= 4 is 17.4 Å². The molecule has 2 amide bonds. The van der Waals surface area contributed by atoms with Crippen molar-refractivity contribution in [3.05, 3.63) is 44.9 Å². The van der Waals surface area contributed by atoms with Gasteiger partial charge in [0.25, 0.3) is 0 Å². The Balaban J connectivity index is 1.61. The summed E-state index contributed by atoms with van der Waals surface area (Å²) in [5.74, 6) is 0.904. The molecule has 0 aliphatic carbocycles. The van der Waals surface area contributed by atoms with Gasteiger partial charge in [-0.1, -0.05) is 12.1 Å². The first-order valence-corrected chi connectivity index (χ1v) is 8.05. The van der Waals surface area contributed by atoms with Crippen molar-refractivity contribution in [2.24, 2.45) is 0 Å². The van der Waals surface area contributed by atoms with E-state index in [1.807, 2.05) is 26.1 Å². The molecule has 22 heavy (non-hydrogen) atoms. The summed E-state index contributed by atoms with van der Waals surface area (Å²) in [5.41, 5.74) is 3.38. The normalized spacial score (nSPS) is 16.0. The van der Waals surface area contributed by atoms with Gasteiger partial charge in [-0.05, 0) is 31.9 Å². The topological polar surface area (TPSA) is 63.2 Å². The van der Waals surface area contributed by atoms with E-state index in [4.69, 9.17) is 4.74 Å². The first-order chi connectivity index (χ1) is 10.5. The molecule has 2 N–H and O–H groups in total. The van der Waals surface area contributed by atoms with Crippen LogP contribution in [0.2, 0.25) is 0 Å². The van der Waals surface area contributed by atoms with Crippen LogP contribution in [0.15, 0.2) is 18.3 Å². The second-order valence-electron chi connectivity index (χ2n) is 5.48. The van der Waals surface area contributed by atoms with E-state index >= 15 is 0 Å². The number of hydrogen-bond acceptors (Lipinski definition) is 4. The number of benzene rings is 1. The lowest BCUT2D eigenvalue weighted by molar-refractivity contribution is 0.231. The summed E-state index contributed by atoms with van der Waals surface area (Å²) in [6.45, 7) is 7.02. The monoisotopic (exact) mass is 317 g/mol. The lowest BCUT2D eigenvalue weighted by Gasteiger charge is -2.13. The van der Waals surface area contributed by atoms with E-state index in [-0.39, 0.29) is 12.1 Å². The van der Waals surface area contributed by atoms with Gasteiger partial charge in [0.1, 0.15) is 17.4 Å². The van der Waals surface area contributed by atoms with Gasteiger partial charge in [0, 0.05) is 16.6 Å². The van der Waals surface area contributed by atoms with Gasteiger partial charge in [0.15, 0.2) is 0 Å². The maximum absolute atomic E-state index is 12.0. The Kier molecular flexibility index (Phi) is 4.02. The minimum absolute atomic E-state index is 0.104. The molecule has 1 aliphatic rings. The number of carbonyl (C=O) groups is 1. The fourth-order valence-corrected chi connectivity index (χ4v) is 3.23. The van der Waals surface area contributed by atoms with Gasteiger partial charge in [0.05, 0.1) is 12.6 Å². The van der Waals surface area contributed by atoms with E-state index < -0.39 is 0 Å². The molecule has 2 aromatic rings. The molecule has 1 aromatic carbocycles. The smallest absolute Gasteiger partial charge is 0.315 e. The molecule has 0 saturated heterocycles. The Morgan fingerprint density at radius 3 is 2.95 bits per heavy atom. The number of rotatable bonds is 3. The Morgan fingerprint density at radius 2 is 2.23 bits per heavy atom. The van der Waals surface area contributed by atoms with Crippen LogP contribution < -0.4 is 15.4 Å². The Bertz CT molecular complexity index is 711. The molecule has 0 fully saturated rings. The molecule has 1 aliphatic heterocycles. The fourth-order valence-electron chi connectivity index (χ4n) is 2.50. The van der Waals surface area contributed by atoms with Crippen LogP contribution in [0.1, 0.15) is 32.6 Å².